The molecule has 66 valence electrons. The van der Waals surface area contributed by atoms with Crippen molar-refractivity contribution in [3.63, 3.8) is 0 Å². The monoisotopic (exact) mass is 293 g/mol. The van der Waals surface area contributed by atoms with Crippen LogP contribution in [0.15, 0.2) is 18.3 Å². The lowest BCUT2D eigenvalue weighted by Gasteiger charge is -1.95. The first-order chi connectivity index (χ1) is 5.24. The Balaban J connectivity index is 0.00000121. The van der Waals surface area contributed by atoms with Crippen LogP contribution in [0.4, 0.5) is 0 Å². The number of pyridine rings is 1. The molecule has 1 rings (SSSR count). The summed E-state index contributed by atoms with van der Waals surface area (Å²) < 4.78 is 0. The van der Waals surface area contributed by atoms with Gasteiger partial charge in [-0.1, -0.05) is 15.9 Å². The van der Waals surface area contributed by atoms with Crippen molar-refractivity contribution in [1.29, 1.82) is 0 Å². The summed E-state index contributed by atoms with van der Waals surface area (Å²) >= 11 is 3.09. The minimum Gasteiger partial charge on any atom is -0.291 e. The third-order valence-corrected chi connectivity index (χ3v) is 1.83. The molecule has 1 heterocycles. The van der Waals surface area contributed by atoms with E-state index in [2.05, 4.69) is 20.9 Å². The zero-order chi connectivity index (χ0) is 8.27. The van der Waals surface area contributed by atoms with E-state index in [1.807, 2.05) is 13.0 Å². The molecule has 0 unspecified atom stereocenters. The van der Waals surface area contributed by atoms with Crippen LogP contribution in [0.25, 0.3) is 0 Å². The Morgan fingerprint density at radius 1 is 1.67 bits per heavy atom. The minimum absolute atomic E-state index is 0. The second kappa shape index (κ2) is 5.43. The number of nitrogens with zero attached hydrogens (tertiary/aromatic N) is 1. The highest BCUT2D eigenvalue weighted by Crippen LogP contribution is 2.02. The summed E-state index contributed by atoms with van der Waals surface area (Å²) in [5, 5.41) is 0.337. The van der Waals surface area contributed by atoms with Gasteiger partial charge < -0.3 is 0 Å². The zero-order valence-corrected chi connectivity index (χ0v) is 9.88. The fraction of sp³-hybridized carbons (Fsp3) is 0.250. The standard InChI is InChI=1S/C8H8BrNO.BrH/c1-6-2-3-10-7(4-6)8(11)5-9;/h2-4H,5H2,1H3;1H. The molecular formula is C8H9Br2NO. The second-order valence-corrected chi connectivity index (χ2v) is 2.84. The van der Waals surface area contributed by atoms with Gasteiger partial charge in [-0.05, 0) is 24.6 Å². The largest absolute Gasteiger partial charge is 0.291 e. The number of halogens is 2. The van der Waals surface area contributed by atoms with Crippen molar-refractivity contribution < 1.29 is 4.79 Å². The van der Waals surface area contributed by atoms with Gasteiger partial charge in [0, 0.05) is 6.20 Å². The molecule has 1 aromatic rings. The predicted octanol–water partition coefficient (Wildman–Crippen LogP) is 2.55. The summed E-state index contributed by atoms with van der Waals surface area (Å²) in [6.07, 6.45) is 1.64. The Labute approximate surface area is 90.3 Å². The topological polar surface area (TPSA) is 30.0 Å². The molecule has 4 heteroatoms. The molecule has 1 aromatic heterocycles. The lowest BCUT2D eigenvalue weighted by atomic mass is 10.2. The molecule has 0 fully saturated rings. The van der Waals surface area contributed by atoms with Crippen LogP contribution in [-0.4, -0.2) is 16.1 Å². The maximum absolute atomic E-state index is 11.1. The van der Waals surface area contributed by atoms with Crippen LogP contribution in [0.2, 0.25) is 0 Å². The maximum Gasteiger partial charge on any atom is 0.191 e. The van der Waals surface area contributed by atoms with E-state index in [0.29, 0.717) is 11.0 Å². The van der Waals surface area contributed by atoms with E-state index in [4.69, 9.17) is 0 Å². The van der Waals surface area contributed by atoms with Gasteiger partial charge in [0.15, 0.2) is 5.78 Å². The van der Waals surface area contributed by atoms with Crippen LogP contribution < -0.4 is 0 Å². The van der Waals surface area contributed by atoms with Crippen molar-refractivity contribution in [2.75, 3.05) is 5.33 Å². The van der Waals surface area contributed by atoms with Crippen LogP contribution in [0, 0.1) is 6.92 Å². The molecule has 0 radical (unpaired) electrons. The first-order valence-corrected chi connectivity index (χ1v) is 4.38. The second-order valence-electron chi connectivity index (χ2n) is 2.28. The van der Waals surface area contributed by atoms with E-state index in [1.165, 1.54) is 0 Å². The minimum atomic E-state index is 0. The predicted molar refractivity (Wildman–Crippen MR) is 57.4 cm³/mol. The van der Waals surface area contributed by atoms with Crippen LogP contribution >= 0.6 is 32.9 Å². The molecule has 0 aliphatic carbocycles. The molecule has 0 amide bonds. The molecule has 0 saturated heterocycles. The fourth-order valence-electron chi connectivity index (χ4n) is 0.757. The van der Waals surface area contributed by atoms with Gasteiger partial charge in [0.1, 0.15) is 5.69 Å². The normalized spacial score (nSPS) is 8.83. The quantitative estimate of drug-likeness (QED) is 0.620. The highest BCUT2D eigenvalue weighted by Gasteiger charge is 2.03. The first-order valence-electron chi connectivity index (χ1n) is 3.26. The number of alkyl halides is 1. The number of ketones is 1. The van der Waals surface area contributed by atoms with Crippen molar-refractivity contribution in [3.05, 3.63) is 29.6 Å². The van der Waals surface area contributed by atoms with E-state index in [-0.39, 0.29) is 22.8 Å². The number of carbonyl (C=O) groups is 1. The van der Waals surface area contributed by atoms with Crippen molar-refractivity contribution in [2.24, 2.45) is 0 Å². The van der Waals surface area contributed by atoms with Gasteiger partial charge in [0.25, 0.3) is 0 Å². The van der Waals surface area contributed by atoms with Crippen molar-refractivity contribution in [2.45, 2.75) is 6.92 Å². The van der Waals surface area contributed by atoms with Gasteiger partial charge in [-0.15, -0.1) is 17.0 Å². The highest BCUT2D eigenvalue weighted by molar-refractivity contribution is 9.09. The molecule has 0 bridgehead atoms. The smallest absolute Gasteiger partial charge is 0.191 e. The van der Waals surface area contributed by atoms with Gasteiger partial charge in [-0.2, -0.15) is 0 Å². The summed E-state index contributed by atoms with van der Waals surface area (Å²) in [4.78, 5) is 15.0. The van der Waals surface area contributed by atoms with E-state index in [0.717, 1.165) is 5.56 Å². The summed E-state index contributed by atoms with van der Waals surface area (Å²) in [5.41, 5.74) is 1.59. The number of rotatable bonds is 2. The number of aryl methyl sites for hydroxylation is 1. The molecule has 12 heavy (non-hydrogen) atoms. The van der Waals surface area contributed by atoms with Crippen molar-refractivity contribution in [3.8, 4) is 0 Å². The Kier molecular flexibility index (Phi) is 5.33. The fourth-order valence-corrected chi connectivity index (χ4v) is 1.04. The maximum atomic E-state index is 11.1. The van der Waals surface area contributed by atoms with Crippen LogP contribution in [0.1, 0.15) is 16.1 Å². The molecule has 0 N–H and O–H groups in total. The van der Waals surface area contributed by atoms with E-state index in [9.17, 15) is 4.79 Å². The van der Waals surface area contributed by atoms with Gasteiger partial charge in [-0.25, -0.2) is 0 Å². The van der Waals surface area contributed by atoms with Gasteiger partial charge in [0.05, 0.1) is 5.33 Å². The molecule has 0 spiro atoms. The van der Waals surface area contributed by atoms with Crippen LogP contribution in [-0.2, 0) is 0 Å². The van der Waals surface area contributed by atoms with Crippen LogP contribution in [0.5, 0.6) is 0 Å². The third-order valence-electron chi connectivity index (χ3n) is 1.32. The lowest BCUT2D eigenvalue weighted by Crippen LogP contribution is -2.02. The molecule has 0 aliphatic rings. The molecular weight excluding hydrogens is 286 g/mol. The molecule has 2 nitrogen and oxygen atoms in total. The zero-order valence-electron chi connectivity index (χ0n) is 6.58. The van der Waals surface area contributed by atoms with E-state index < -0.39 is 0 Å². The molecule has 0 aliphatic heterocycles. The average molecular weight is 295 g/mol. The molecule has 0 aromatic carbocycles. The summed E-state index contributed by atoms with van der Waals surface area (Å²) in [6.45, 7) is 1.94. The third kappa shape index (κ3) is 3.03. The van der Waals surface area contributed by atoms with E-state index in [1.54, 1.807) is 12.3 Å². The van der Waals surface area contributed by atoms with Crippen molar-refractivity contribution in [1.82, 2.24) is 4.98 Å². The van der Waals surface area contributed by atoms with Gasteiger partial charge in [-0.3, -0.25) is 9.78 Å². The van der Waals surface area contributed by atoms with Gasteiger partial charge >= 0.3 is 0 Å². The summed E-state index contributed by atoms with van der Waals surface area (Å²) in [7, 11) is 0. The van der Waals surface area contributed by atoms with E-state index >= 15 is 0 Å². The summed E-state index contributed by atoms with van der Waals surface area (Å²) in [5.74, 6) is 0.0219. The first kappa shape index (κ1) is 11.8. The number of hydrogen-bond acceptors (Lipinski definition) is 2. The Bertz CT molecular complexity index is 276. The number of hydrogen-bond donors (Lipinski definition) is 0. The molecule has 0 saturated carbocycles. The summed E-state index contributed by atoms with van der Waals surface area (Å²) in [6, 6.07) is 3.65. The highest BCUT2D eigenvalue weighted by atomic mass is 79.9. The Hall–Kier alpha value is -0.220. The SMILES string of the molecule is Br.Cc1ccnc(C(=O)CBr)c1. The average Bonchev–Trinajstić information content (AvgIpc) is 2.03. The number of Topliss-reactive ketones (excluding diaryl/α,β-unsaturated/α-hetero) is 1. The van der Waals surface area contributed by atoms with Gasteiger partial charge in [0.2, 0.25) is 0 Å². The van der Waals surface area contributed by atoms with Crippen molar-refractivity contribution >= 4 is 38.7 Å². The lowest BCUT2D eigenvalue weighted by molar-refractivity contribution is 0.101. The number of carbonyl (C=O) groups excluding carboxylic acids is 1. The Morgan fingerprint density at radius 3 is 2.83 bits per heavy atom. The Morgan fingerprint density at radius 2 is 2.33 bits per heavy atom. The molecule has 0 atom stereocenters. The number of aromatic nitrogens is 1. The van der Waals surface area contributed by atoms with Crippen LogP contribution in [0.3, 0.4) is 0 Å².